The normalized spacial score (nSPS) is 11.3. The largest absolute Gasteiger partial charge is 0.454 e. The van der Waals surface area contributed by atoms with Crippen molar-refractivity contribution >= 4 is 29.2 Å². The number of carbonyl (C=O) groups is 3. The number of nitro groups is 1. The number of hydrogen-bond acceptors (Lipinski definition) is 6. The standard InChI is InChI=1S/C20H21N3O6/c1-12-5-4-6-15(9-12)19(25)21-14(3)20(26)29-11-18(24)22-17-8-7-16(23(27)28)10-13(17)2/h4-10,14H,11H2,1-3H3,(H,21,25)(H,22,24)/t14-/m0/s1. The highest BCUT2D eigenvalue weighted by Crippen LogP contribution is 2.21. The number of amides is 2. The maximum atomic E-state index is 12.2. The summed E-state index contributed by atoms with van der Waals surface area (Å²) >= 11 is 0. The van der Waals surface area contributed by atoms with E-state index in [2.05, 4.69) is 10.6 Å². The molecule has 2 rings (SSSR count). The van der Waals surface area contributed by atoms with Gasteiger partial charge in [-0.25, -0.2) is 4.79 Å². The van der Waals surface area contributed by atoms with Crippen LogP contribution in [0, 0.1) is 24.0 Å². The van der Waals surface area contributed by atoms with Crippen molar-refractivity contribution in [3.05, 3.63) is 69.3 Å². The van der Waals surface area contributed by atoms with Gasteiger partial charge in [-0.05, 0) is 44.5 Å². The lowest BCUT2D eigenvalue weighted by atomic mass is 10.1. The SMILES string of the molecule is Cc1cccc(C(=O)N[C@@H](C)C(=O)OCC(=O)Nc2ccc([N+](=O)[O-])cc2C)c1. The summed E-state index contributed by atoms with van der Waals surface area (Å²) in [5.74, 6) is -1.79. The van der Waals surface area contributed by atoms with E-state index in [1.807, 2.05) is 13.0 Å². The van der Waals surface area contributed by atoms with E-state index in [1.165, 1.54) is 25.1 Å². The van der Waals surface area contributed by atoms with E-state index in [0.717, 1.165) is 5.56 Å². The number of ether oxygens (including phenoxy) is 1. The number of esters is 1. The molecule has 0 heterocycles. The van der Waals surface area contributed by atoms with Crippen LogP contribution in [0.5, 0.6) is 0 Å². The third-order valence-electron chi connectivity index (χ3n) is 4.02. The predicted octanol–water partition coefficient (Wildman–Crippen LogP) is 2.51. The fraction of sp³-hybridized carbons (Fsp3) is 0.250. The van der Waals surface area contributed by atoms with Gasteiger partial charge in [0.15, 0.2) is 6.61 Å². The van der Waals surface area contributed by atoms with E-state index < -0.39 is 35.4 Å². The van der Waals surface area contributed by atoms with Crippen molar-refractivity contribution in [2.24, 2.45) is 0 Å². The molecule has 0 bridgehead atoms. The molecule has 2 aromatic rings. The summed E-state index contributed by atoms with van der Waals surface area (Å²) in [6.45, 7) is 4.35. The molecular weight excluding hydrogens is 378 g/mol. The first-order valence-corrected chi connectivity index (χ1v) is 8.76. The number of rotatable bonds is 7. The van der Waals surface area contributed by atoms with Crippen molar-refractivity contribution < 1.29 is 24.0 Å². The molecular formula is C20H21N3O6. The average molecular weight is 399 g/mol. The van der Waals surface area contributed by atoms with E-state index in [4.69, 9.17) is 4.74 Å². The van der Waals surface area contributed by atoms with Crippen molar-refractivity contribution in [3.63, 3.8) is 0 Å². The fourth-order valence-electron chi connectivity index (χ4n) is 2.47. The van der Waals surface area contributed by atoms with Gasteiger partial charge in [0.05, 0.1) is 4.92 Å². The smallest absolute Gasteiger partial charge is 0.328 e. The summed E-state index contributed by atoms with van der Waals surface area (Å²) in [7, 11) is 0. The second kappa shape index (κ2) is 9.45. The summed E-state index contributed by atoms with van der Waals surface area (Å²) < 4.78 is 4.93. The van der Waals surface area contributed by atoms with Crippen LogP contribution >= 0.6 is 0 Å². The van der Waals surface area contributed by atoms with Gasteiger partial charge in [-0.3, -0.25) is 19.7 Å². The molecule has 9 heteroatoms. The Morgan fingerprint density at radius 2 is 1.86 bits per heavy atom. The number of anilines is 1. The Bertz CT molecular complexity index is 957. The van der Waals surface area contributed by atoms with Gasteiger partial charge in [-0.2, -0.15) is 0 Å². The van der Waals surface area contributed by atoms with E-state index in [1.54, 1.807) is 25.1 Å². The van der Waals surface area contributed by atoms with Gasteiger partial charge in [0, 0.05) is 23.4 Å². The number of carbonyl (C=O) groups excluding carboxylic acids is 3. The highest BCUT2D eigenvalue weighted by molar-refractivity contribution is 5.97. The van der Waals surface area contributed by atoms with Crippen LogP contribution in [0.3, 0.4) is 0 Å². The van der Waals surface area contributed by atoms with Gasteiger partial charge in [-0.15, -0.1) is 0 Å². The first-order valence-electron chi connectivity index (χ1n) is 8.76. The number of aryl methyl sites for hydroxylation is 2. The summed E-state index contributed by atoms with van der Waals surface area (Å²) in [6, 6.07) is 9.93. The van der Waals surface area contributed by atoms with Crippen molar-refractivity contribution in [2.45, 2.75) is 26.8 Å². The lowest BCUT2D eigenvalue weighted by Gasteiger charge is -2.14. The minimum atomic E-state index is -0.947. The molecule has 1 atom stereocenters. The second-order valence-electron chi connectivity index (χ2n) is 6.48. The lowest BCUT2D eigenvalue weighted by Crippen LogP contribution is -2.40. The molecule has 0 spiro atoms. The molecule has 152 valence electrons. The summed E-state index contributed by atoms with van der Waals surface area (Å²) in [6.07, 6.45) is 0. The highest BCUT2D eigenvalue weighted by atomic mass is 16.6. The Hall–Kier alpha value is -3.75. The molecule has 0 fully saturated rings. The first kappa shape index (κ1) is 21.5. The van der Waals surface area contributed by atoms with Crippen LogP contribution in [0.2, 0.25) is 0 Å². The number of hydrogen-bond donors (Lipinski definition) is 2. The van der Waals surface area contributed by atoms with Gasteiger partial charge >= 0.3 is 5.97 Å². The number of nitro benzene ring substituents is 1. The highest BCUT2D eigenvalue weighted by Gasteiger charge is 2.19. The van der Waals surface area contributed by atoms with E-state index >= 15 is 0 Å². The fourth-order valence-corrected chi connectivity index (χ4v) is 2.47. The molecule has 9 nitrogen and oxygen atoms in total. The first-order chi connectivity index (χ1) is 13.7. The minimum Gasteiger partial charge on any atom is -0.454 e. The quantitative estimate of drug-likeness (QED) is 0.418. The Morgan fingerprint density at radius 3 is 2.48 bits per heavy atom. The zero-order chi connectivity index (χ0) is 21.6. The molecule has 2 aromatic carbocycles. The van der Waals surface area contributed by atoms with E-state index in [0.29, 0.717) is 16.8 Å². The Morgan fingerprint density at radius 1 is 1.14 bits per heavy atom. The van der Waals surface area contributed by atoms with Gasteiger partial charge in [-0.1, -0.05) is 17.7 Å². The van der Waals surface area contributed by atoms with Crippen LogP contribution in [-0.4, -0.2) is 35.4 Å². The Labute approximate surface area is 167 Å². The molecule has 29 heavy (non-hydrogen) atoms. The van der Waals surface area contributed by atoms with E-state index in [9.17, 15) is 24.5 Å². The van der Waals surface area contributed by atoms with Crippen LogP contribution in [0.4, 0.5) is 11.4 Å². The summed E-state index contributed by atoms with van der Waals surface area (Å²) in [5.41, 5.74) is 2.10. The van der Waals surface area contributed by atoms with Gasteiger partial charge < -0.3 is 15.4 Å². The number of non-ortho nitro benzene ring substituents is 1. The van der Waals surface area contributed by atoms with Gasteiger partial charge in [0.25, 0.3) is 17.5 Å². The van der Waals surface area contributed by atoms with Crippen LogP contribution in [0.15, 0.2) is 42.5 Å². The van der Waals surface area contributed by atoms with Crippen molar-refractivity contribution in [1.82, 2.24) is 5.32 Å². The molecule has 2 N–H and O–H groups in total. The van der Waals surface area contributed by atoms with Crippen LogP contribution in [0.25, 0.3) is 0 Å². The zero-order valence-electron chi connectivity index (χ0n) is 16.2. The molecule has 0 aliphatic heterocycles. The van der Waals surface area contributed by atoms with Crippen LogP contribution in [-0.2, 0) is 14.3 Å². The summed E-state index contributed by atoms with van der Waals surface area (Å²) in [5, 5.41) is 15.8. The maximum absolute atomic E-state index is 12.2. The molecule has 0 radical (unpaired) electrons. The Kier molecular flexibility index (Phi) is 7.02. The van der Waals surface area contributed by atoms with Crippen LogP contribution in [0.1, 0.15) is 28.4 Å². The monoisotopic (exact) mass is 399 g/mol. The molecule has 0 saturated carbocycles. The molecule has 0 unspecified atom stereocenters. The summed E-state index contributed by atoms with van der Waals surface area (Å²) in [4.78, 5) is 46.4. The molecule has 0 saturated heterocycles. The third kappa shape index (κ3) is 6.13. The number of benzene rings is 2. The van der Waals surface area contributed by atoms with Crippen molar-refractivity contribution in [3.8, 4) is 0 Å². The molecule has 0 aliphatic rings. The number of nitrogens with zero attached hydrogens (tertiary/aromatic N) is 1. The minimum absolute atomic E-state index is 0.0925. The molecule has 0 aromatic heterocycles. The van der Waals surface area contributed by atoms with Gasteiger partial charge in [0.1, 0.15) is 6.04 Å². The second-order valence-corrected chi connectivity index (χ2v) is 6.48. The van der Waals surface area contributed by atoms with Crippen molar-refractivity contribution in [1.29, 1.82) is 0 Å². The van der Waals surface area contributed by atoms with Gasteiger partial charge in [0.2, 0.25) is 0 Å². The number of nitrogens with one attached hydrogen (secondary N) is 2. The van der Waals surface area contributed by atoms with E-state index in [-0.39, 0.29) is 5.69 Å². The topological polar surface area (TPSA) is 128 Å². The zero-order valence-corrected chi connectivity index (χ0v) is 16.2. The maximum Gasteiger partial charge on any atom is 0.328 e. The molecule has 0 aliphatic carbocycles. The van der Waals surface area contributed by atoms with Crippen molar-refractivity contribution in [2.75, 3.05) is 11.9 Å². The lowest BCUT2D eigenvalue weighted by molar-refractivity contribution is -0.384. The van der Waals surface area contributed by atoms with Crippen LogP contribution < -0.4 is 10.6 Å². The predicted molar refractivity (Wildman–Crippen MR) is 106 cm³/mol. The average Bonchev–Trinajstić information content (AvgIpc) is 2.67. The Balaban J connectivity index is 1.85. The third-order valence-corrected chi connectivity index (χ3v) is 4.02. The molecule has 2 amide bonds.